The molecule has 1 saturated heterocycles. The van der Waals surface area contributed by atoms with E-state index in [0.717, 1.165) is 12.3 Å². The van der Waals surface area contributed by atoms with E-state index >= 15 is 0 Å². The molecule has 1 aliphatic heterocycles. The van der Waals surface area contributed by atoms with Gasteiger partial charge in [0.15, 0.2) is 0 Å². The van der Waals surface area contributed by atoms with Gasteiger partial charge < -0.3 is 5.11 Å². The van der Waals surface area contributed by atoms with Gasteiger partial charge >= 0.3 is 0 Å². The summed E-state index contributed by atoms with van der Waals surface area (Å²) in [5.74, 6) is 0.907. The molecule has 0 aromatic rings. The lowest BCUT2D eigenvalue weighted by atomic mass is 9.91. The van der Waals surface area contributed by atoms with Gasteiger partial charge in [0.2, 0.25) is 0 Å². The van der Waals surface area contributed by atoms with Crippen LogP contribution in [-0.4, -0.2) is 35.2 Å². The van der Waals surface area contributed by atoms with Gasteiger partial charge in [-0.3, -0.25) is 4.90 Å². The zero-order valence-electron chi connectivity index (χ0n) is 9.99. The lowest BCUT2D eigenvalue weighted by Crippen LogP contribution is -2.44. The fraction of sp³-hybridized carbons (Fsp3) is 1.00. The standard InChI is InChI=1S/C13H25NO/c1-2-5-11-8-9-14(10-11)12-6-3-4-7-13(12)15/h11-13,15H,2-10H2,1H3/t11?,12-,13-/m1/s1. The van der Waals surface area contributed by atoms with Crippen molar-refractivity contribution in [3.63, 3.8) is 0 Å². The second-order valence-electron chi connectivity index (χ2n) is 5.36. The van der Waals surface area contributed by atoms with E-state index in [9.17, 15) is 5.11 Å². The Hall–Kier alpha value is -0.0800. The van der Waals surface area contributed by atoms with Crippen LogP contribution >= 0.6 is 0 Å². The van der Waals surface area contributed by atoms with Crippen molar-refractivity contribution in [3.05, 3.63) is 0 Å². The summed E-state index contributed by atoms with van der Waals surface area (Å²) in [5, 5.41) is 10.0. The molecule has 0 aromatic heterocycles. The van der Waals surface area contributed by atoms with Crippen LogP contribution in [0.4, 0.5) is 0 Å². The molecule has 0 amide bonds. The van der Waals surface area contributed by atoms with E-state index in [-0.39, 0.29) is 6.10 Å². The molecule has 0 bridgehead atoms. The first-order valence-electron chi connectivity index (χ1n) is 6.73. The van der Waals surface area contributed by atoms with Crippen molar-refractivity contribution in [2.45, 2.75) is 64.0 Å². The van der Waals surface area contributed by atoms with Crippen LogP contribution < -0.4 is 0 Å². The Morgan fingerprint density at radius 3 is 2.73 bits per heavy atom. The third kappa shape index (κ3) is 2.73. The molecule has 2 nitrogen and oxygen atoms in total. The average molecular weight is 211 g/mol. The van der Waals surface area contributed by atoms with Gasteiger partial charge in [-0.1, -0.05) is 26.2 Å². The van der Waals surface area contributed by atoms with E-state index in [4.69, 9.17) is 0 Å². The van der Waals surface area contributed by atoms with Crippen molar-refractivity contribution in [2.75, 3.05) is 13.1 Å². The highest BCUT2D eigenvalue weighted by Crippen LogP contribution is 2.29. The van der Waals surface area contributed by atoms with Gasteiger partial charge in [0.25, 0.3) is 0 Å². The molecule has 1 aliphatic carbocycles. The largest absolute Gasteiger partial charge is 0.391 e. The monoisotopic (exact) mass is 211 g/mol. The third-order valence-electron chi connectivity index (χ3n) is 4.18. The summed E-state index contributed by atoms with van der Waals surface area (Å²) in [7, 11) is 0. The predicted octanol–water partition coefficient (Wildman–Crippen LogP) is 2.41. The smallest absolute Gasteiger partial charge is 0.0695 e. The van der Waals surface area contributed by atoms with Crippen molar-refractivity contribution in [1.82, 2.24) is 4.90 Å². The van der Waals surface area contributed by atoms with Crippen LogP contribution in [0.15, 0.2) is 0 Å². The van der Waals surface area contributed by atoms with E-state index in [2.05, 4.69) is 11.8 Å². The second kappa shape index (κ2) is 5.31. The quantitative estimate of drug-likeness (QED) is 0.775. The molecule has 2 heteroatoms. The summed E-state index contributed by atoms with van der Waals surface area (Å²) in [5.41, 5.74) is 0. The summed E-state index contributed by atoms with van der Waals surface area (Å²) in [6.07, 6.45) is 8.79. The first-order valence-corrected chi connectivity index (χ1v) is 6.73. The van der Waals surface area contributed by atoms with E-state index in [1.807, 2.05) is 0 Å². The Morgan fingerprint density at radius 1 is 1.20 bits per heavy atom. The number of likely N-dealkylation sites (tertiary alicyclic amines) is 1. The van der Waals surface area contributed by atoms with Gasteiger partial charge in [-0.2, -0.15) is 0 Å². The van der Waals surface area contributed by atoms with E-state index in [1.54, 1.807) is 0 Å². The summed E-state index contributed by atoms with van der Waals surface area (Å²) < 4.78 is 0. The molecule has 2 rings (SSSR count). The fourth-order valence-corrected chi connectivity index (χ4v) is 3.33. The van der Waals surface area contributed by atoms with Crippen LogP contribution in [0.5, 0.6) is 0 Å². The normalized spacial score (nSPS) is 38.4. The second-order valence-corrected chi connectivity index (χ2v) is 5.36. The number of rotatable bonds is 3. The number of hydrogen-bond donors (Lipinski definition) is 1. The van der Waals surface area contributed by atoms with Gasteiger partial charge in [-0.05, 0) is 38.1 Å². The van der Waals surface area contributed by atoms with Crippen LogP contribution in [0.2, 0.25) is 0 Å². The fourth-order valence-electron chi connectivity index (χ4n) is 3.33. The Morgan fingerprint density at radius 2 is 2.00 bits per heavy atom. The highest BCUT2D eigenvalue weighted by molar-refractivity contribution is 4.87. The zero-order chi connectivity index (χ0) is 10.7. The van der Waals surface area contributed by atoms with Gasteiger partial charge in [0, 0.05) is 12.6 Å². The minimum Gasteiger partial charge on any atom is -0.391 e. The van der Waals surface area contributed by atoms with E-state index in [1.165, 1.54) is 51.6 Å². The Kier molecular flexibility index (Phi) is 4.04. The van der Waals surface area contributed by atoms with Crippen LogP contribution in [-0.2, 0) is 0 Å². The van der Waals surface area contributed by atoms with Gasteiger partial charge in [0.1, 0.15) is 0 Å². The molecule has 2 aliphatic rings. The highest BCUT2D eigenvalue weighted by atomic mass is 16.3. The first kappa shape index (κ1) is 11.4. The SMILES string of the molecule is CCCC1CCN([C@@H]2CCCC[C@H]2O)C1. The summed E-state index contributed by atoms with van der Waals surface area (Å²) >= 11 is 0. The maximum Gasteiger partial charge on any atom is 0.0695 e. The third-order valence-corrected chi connectivity index (χ3v) is 4.18. The highest BCUT2D eigenvalue weighted by Gasteiger charge is 2.33. The molecule has 1 saturated carbocycles. The number of nitrogens with zero attached hydrogens (tertiary/aromatic N) is 1. The van der Waals surface area contributed by atoms with Crippen molar-refractivity contribution < 1.29 is 5.11 Å². The minimum atomic E-state index is -0.0425. The van der Waals surface area contributed by atoms with Crippen molar-refractivity contribution in [3.8, 4) is 0 Å². The molecule has 1 heterocycles. The first-order chi connectivity index (χ1) is 7.31. The molecule has 1 unspecified atom stereocenters. The number of aliphatic hydroxyl groups is 1. The van der Waals surface area contributed by atoms with Crippen molar-refractivity contribution in [2.24, 2.45) is 5.92 Å². The molecule has 0 aromatic carbocycles. The molecule has 0 radical (unpaired) electrons. The van der Waals surface area contributed by atoms with E-state index < -0.39 is 0 Å². The molecule has 2 fully saturated rings. The predicted molar refractivity (Wildman–Crippen MR) is 62.9 cm³/mol. The lowest BCUT2D eigenvalue weighted by Gasteiger charge is -2.35. The molecule has 88 valence electrons. The molecule has 3 atom stereocenters. The van der Waals surface area contributed by atoms with Crippen LogP contribution in [0.25, 0.3) is 0 Å². The van der Waals surface area contributed by atoms with Crippen LogP contribution in [0, 0.1) is 5.92 Å². The van der Waals surface area contributed by atoms with E-state index in [0.29, 0.717) is 6.04 Å². The maximum atomic E-state index is 10.0. The van der Waals surface area contributed by atoms with Crippen LogP contribution in [0.3, 0.4) is 0 Å². The summed E-state index contributed by atoms with van der Waals surface area (Å²) in [6.45, 7) is 4.75. The lowest BCUT2D eigenvalue weighted by molar-refractivity contribution is 0.0293. The zero-order valence-corrected chi connectivity index (χ0v) is 9.99. The topological polar surface area (TPSA) is 23.5 Å². The Bertz CT molecular complexity index is 195. The molecular formula is C13H25NO. The van der Waals surface area contributed by atoms with Crippen molar-refractivity contribution >= 4 is 0 Å². The van der Waals surface area contributed by atoms with Crippen molar-refractivity contribution in [1.29, 1.82) is 0 Å². The molecule has 0 spiro atoms. The summed E-state index contributed by atoms with van der Waals surface area (Å²) in [4.78, 5) is 2.56. The number of hydrogen-bond acceptors (Lipinski definition) is 2. The minimum absolute atomic E-state index is 0.0425. The Labute approximate surface area is 93.7 Å². The number of aliphatic hydroxyl groups excluding tert-OH is 1. The Balaban J connectivity index is 1.83. The molecule has 15 heavy (non-hydrogen) atoms. The van der Waals surface area contributed by atoms with Gasteiger partial charge in [-0.25, -0.2) is 0 Å². The maximum absolute atomic E-state index is 10.0. The molecule has 1 N–H and O–H groups in total. The van der Waals surface area contributed by atoms with Crippen LogP contribution in [0.1, 0.15) is 51.9 Å². The van der Waals surface area contributed by atoms with Gasteiger partial charge in [0.05, 0.1) is 6.10 Å². The average Bonchev–Trinajstić information content (AvgIpc) is 2.68. The summed E-state index contributed by atoms with van der Waals surface area (Å²) in [6, 6.07) is 0.487. The molecular weight excluding hydrogens is 186 g/mol. The van der Waals surface area contributed by atoms with Gasteiger partial charge in [-0.15, -0.1) is 0 Å².